The van der Waals surface area contributed by atoms with Crippen molar-refractivity contribution in [1.82, 2.24) is 5.32 Å². The Kier molecular flexibility index (Phi) is 6.68. The smallest absolute Gasteiger partial charge is 0.0409 e. The lowest BCUT2D eigenvalue weighted by Crippen LogP contribution is -2.19. The third-order valence-corrected chi connectivity index (χ3v) is 4.59. The van der Waals surface area contributed by atoms with Crippen LogP contribution in [0.3, 0.4) is 0 Å². The van der Waals surface area contributed by atoms with Crippen LogP contribution in [0.1, 0.15) is 37.4 Å². The average Bonchev–Trinajstić information content (AvgIpc) is 2.35. The zero-order valence-electron chi connectivity index (χ0n) is 11.5. The quantitative estimate of drug-likeness (QED) is 0.785. The summed E-state index contributed by atoms with van der Waals surface area (Å²) in [5.74, 6) is 3.25. The van der Waals surface area contributed by atoms with E-state index in [1.165, 1.54) is 23.3 Å². The fourth-order valence-corrected chi connectivity index (χ4v) is 3.02. The summed E-state index contributed by atoms with van der Waals surface area (Å²) in [6.45, 7) is 6.73. The summed E-state index contributed by atoms with van der Waals surface area (Å²) in [6, 6.07) is 9.34. The molecule has 2 unspecified atom stereocenters. The van der Waals surface area contributed by atoms with Gasteiger partial charge in [0.2, 0.25) is 0 Å². The van der Waals surface area contributed by atoms with E-state index in [0.717, 1.165) is 11.7 Å². The predicted octanol–water partition coefficient (Wildman–Crippen LogP) is 4.03. The van der Waals surface area contributed by atoms with Crippen molar-refractivity contribution in [1.29, 1.82) is 0 Å². The number of thioether (sulfide) groups is 1. The Balaban J connectivity index is 2.45. The van der Waals surface area contributed by atoms with Crippen LogP contribution in [0.25, 0.3) is 0 Å². The predicted molar refractivity (Wildman–Crippen MR) is 79.8 cm³/mol. The molecule has 0 aliphatic rings. The monoisotopic (exact) mass is 251 g/mol. The molecule has 0 saturated heterocycles. The molecule has 0 spiro atoms. The Morgan fingerprint density at radius 1 is 1.18 bits per heavy atom. The van der Waals surface area contributed by atoms with Gasteiger partial charge in [0, 0.05) is 11.8 Å². The number of benzene rings is 1. The minimum atomic E-state index is 0.477. The summed E-state index contributed by atoms with van der Waals surface area (Å²) in [7, 11) is 2.05. The molecule has 0 fully saturated rings. The van der Waals surface area contributed by atoms with Gasteiger partial charge in [-0.3, -0.25) is 0 Å². The van der Waals surface area contributed by atoms with Crippen molar-refractivity contribution < 1.29 is 0 Å². The fourth-order valence-electron chi connectivity index (χ4n) is 1.65. The fraction of sp³-hybridized carbons (Fsp3) is 0.600. The molecular weight excluding hydrogens is 226 g/mol. The zero-order valence-corrected chi connectivity index (χ0v) is 12.3. The number of rotatable bonds is 7. The maximum Gasteiger partial charge on any atom is 0.0409 e. The van der Waals surface area contributed by atoms with E-state index in [1.807, 2.05) is 7.05 Å². The van der Waals surface area contributed by atoms with E-state index < -0.39 is 0 Å². The largest absolute Gasteiger partial charge is 0.312 e. The van der Waals surface area contributed by atoms with Crippen molar-refractivity contribution >= 4 is 11.8 Å². The SMILES string of the molecule is CCC(C)CSCC(NC)c1ccc(C)cc1. The lowest BCUT2D eigenvalue weighted by molar-refractivity contribution is 0.630. The van der Waals surface area contributed by atoms with E-state index in [1.54, 1.807) is 0 Å². The van der Waals surface area contributed by atoms with Crippen LogP contribution in [0.5, 0.6) is 0 Å². The molecule has 1 rings (SSSR count). The minimum absolute atomic E-state index is 0.477. The molecule has 0 bridgehead atoms. The van der Waals surface area contributed by atoms with Gasteiger partial charge in [-0.1, -0.05) is 50.1 Å². The maximum absolute atomic E-state index is 3.41. The van der Waals surface area contributed by atoms with Gasteiger partial charge in [-0.15, -0.1) is 0 Å². The van der Waals surface area contributed by atoms with E-state index in [9.17, 15) is 0 Å². The van der Waals surface area contributed by atoms with E-state index in [4.69, 9.17) is 0 Å². The highest BCUT2D eigenvalue weighted by Crippen LogP contribution is 2.20. The van der Waals surface area contributed by atoms with Crippen molar-refractivity contribution in [2.24, 2.45) is 5.92 Å². The van der Waals surface area contributed by atoms with Gasteiger partial charge in [0.15, 0.2) is 0 Å². The van der Waals surface area contributed by atoms with Crippen LogP contribution in [0.15, 0.2) is 24.3 Å². The van der Waals surface area contributed by atoms with Gasteiger partial charge in [-0.25, -0.2) is 0 Å². The molecular formula is C15H25NS. The third-order valence-electron chi connectivity index (χ3n) is 3.21. The number of nitrogens with one attached hydrogen (secondary N) is 1. The summed E-state index contributed by atoms with van der Waals surface area (Å²) in [5.41, 5.74) is 2.73. The Labute approximate surface area is 110 Å². The standard InChI is InChI=1S/C15H25NS/c1-5-12(2)10-17-11-15(16-4)14-8-6-13(3)7-9-14/h6-9,12,15-16H,5,10-11H2,1-4H3. The Hall–Kier alpha value is -0.470. The zero-order chi connectivity index (χ0) is 12.7. The van der Waals surface area contributed by atoms with Crippen LogP contribution < -0.4 is 5.32 Å². The molecule has 2 heteroatoms. The molecule has 0 amide bonds. The van der Waals surface area contributed by atoms with Crippen molar-refractivity contribution in [2.45, 2.75) is 33.2 Å². The Morgan fingerprint density at radius 3 is 2.35 bits per heavy atom. The molecule has 2 atom stereocenters. The van der Waals surface area contributed by atoms with Crippen molar-refractivity contribution in [2.75, 3.05) is 18.6 Å². The van der Waals surface area contributed by atoms with Crippen molar-refractivity contribution in [3.05, 3.63) is 35.4 Å². The summed E-state index contributed by atoms with van der Waals surface area (Å²) in [6.07, 6.45) is 1.28. The molecule has 1 nitrogen and oxygen atoms in total. The molecule has 0 heterocycles. The number of aryl methyl sites for hydroxylation is 1. The Bertz CT molecular complexity index is 307. The summed E-state index contributed by atoms with van der Waals surface area (Å²) in [4.78, 5) is 0. The van der Waals surface area contributed by atoms with Crippen molar-refractivity contribution in [3.63, 3.8) is 0 Å². The molecule has 0 aliphatic heterocycles. The van der Waals surface area contributed by atoms with Gasteiger partial charge in [-0.2, -0.15) is 11.8 Å². The molecule has 1 N–H and O–H groups in total. The average molecular weight is 251 g/mol. The first-order valence-corrected chi connectivity index (χ1v) is 7.64. The summed E-state index contributed by atoms with van der Waals surface area (Å²) in [5, 5.41) is 3.41. The molecule has 96 valence electrons. The molecule has 0 aromatic heterocycles. The maximum atomic E-state index is 3.41. The number of hydrogen-bond donors (Lipinski definition) is 1. The van der Waals surface area contributed by atoms with Crippen LogP contribution in [0, 0.1) is 12.8 Å². The summed E-state index contributed by atoms with van der Waals surface area (Å²) < 4.78 is 0. The van der Waals surface area contributed by atoms with Gasteiger partial charge in [0.1, 0.15) is 0 Å². The van der Waals surface area contributed by atoms with Crippen LogP contribution in [0.4, 0.5) is 0 Å². The molecule has 1 aromatic carbocycles. The van der Waals surface area contributed by atoms with Crippen molar-refractivity contribution in [3.8, 4) is 0 Å². The van der Waals surface area contributed by atoms with E-state index in [-0.39, 0.29) is 0 Å². The molecule has 17 heavy (non-hydrogen) atoms. The summed E-state index contributed by atoms with van der Waals surface area (Å²) >= 11 is 2.06. The molecule has 0 saturated carbocycles. The second-order valence-corrected chi connectivity index (χ2v) is 5.88. The second kappa shape index (κ2) is 7.78. The lowest BCUT2D eigenvalue weighted by Gasteiger charge is -2.17. The highest BCUT2D eigenvalue weighted by atomic mass is 32.2. The van der Waals surface area contributed by atoms with E-state index in [2.05, 4.69) is 62.1 Å². The first kappa shape index (κ1) is 14.6. The lowest BCUT2D eigenvalue weighted by atomic mass is 10.1. The van der Waals surface area contributed by atoms with Crippen LogP contribution in [-0.4, -0.2) is 18.6 Å². The van der Waals surface area contributed by atoms with Gasteiger partial charge < -0.3 is 5.32 Å². The van der Waals surface area contributed by atoms with Gasteiger partial charge >= 0.3 is 0 Å². The van der Waals surface area contributed by atoms with Crippen LogP contribution in [-0.2, 0) is 0 Å². The first-order valence-electron chi connectivity index (χ1n) is 6.49. The second-order valence-electron chi connectivity index (χ2n) is 4.80. The molecule has 0 radical (unpaired) electrons. The first-order chi connectivity index (χ1) is 8.17. The highest BCUT2D eigenvalue weighted by molar-refractivity contribution is 7.99. The van der Waals surface area contributed by atoms with Crippen LogP contribution in [0.2, 0.25) is 0 Å². The Morgan fingerprint density at radius 2 is 1.82 bits per heavy atom. The van der Waals surface area contributed by atoms with E-state index in [0.29, 0.717) is 6.04 Å². The highest BCUT2D eigenvalue weighted by Gasteiger charge is 2.09. The van der Waals surface area contributed by atoms with Gasteiger partial charge in [0.25, 0.3) is 0 Å². The number of hydrogen-bond acceptors (Lipinski definition) is 2. The normalized spacial score (nSPS) is 14.6. The molecule has 1 aromatic rings. The van der Waals surface area contributed by atoms with Crippen LogP contribution >= 0.6 is 11.8 Å². The third kappa shape index (κ3) is 5.13. The van der Waals surface area contributed by atoms with Gasteiger partial charge in [0.05, 0.1) is 0 Å². The van der Waals surface area contributed by atoms with Gasteiger partial charge in [-0.05, 0) is 31.2 Å². The molecule has 0 aliphatic carbocycles. The van der Waals surface area contributed by atoms with E-state index >= 15 is 0 Å². The minimum Gasteiger partial charge on any atom is -0.312 e. The topological polar surface area (TPSA) is 12.0 Å².